The number of aryl methyl sites for hydroxylation is 1. The van der Waals surface area contributed by atoms with E-state index in [9.17, 15) is 14.7 Å². The van der Waals surface area contributed by atoms with Crippen LogP contribution >= 0.6 is 11.3 Å². The van der Waals surface area contributed by atoms with Crippen LogP contribution in [0.5, 0.6) is 0 Å². The highest BCUT2D eigenvalue weighted by Crippen LogP contribution is 2.15. The number of hydrogen-bond donors (Lipinski definition) is 2. The van der Waals surface area contributed by atoms with E-state index in [1.165, 1.54) is 4.88 Å². The number of carbonyl (C=O) groups excluding carboxylic acids is 1. The fraction of sp³-hybridized carbons (Fsp3) is 0.333. The number of carboxylic acids is 1. The lowest BCUT2D eigenvalue weighted by molar-refractivity contribution is -0.142. The molecule has 0 bridgehead atoms. The zero-order chi connectivity index (χ0) is 16.5. The van der Waals surface area contributed by atoms with E-state index in [-0.39, 0.29) is 5.91 Å². The quantitative estimate of drug-likeness (QED) is 0.687. The summed E-state index contributed by atoms with van der Waals surface area (Å²) in [6, 6.07) is 12.0. The number of benzene rings is 1. The number of rotatable bonds is 9. The maximum absolute atomic E-state index is 12.0. The monoisotopic (exact) mass is 331 g/mol. The van der Waals surface area contributed by atoms with E-state index in [2.05, 4.69) is 16.8 Å². The summed E-state index contributed by atoms with van der Waals surface area (Å²) >= 11 is 1.75. The van der Waals surface area contributed by atoms with E-state index in [1.807, 2.05) is 12.1 Å². The average Bonchev–Trinajstić information content (AvgIpc) is 3.06. The molecule has 0 unspecified atom stereocenters. The second kappa shape index (κ2) is 9.10. The van der Waals surface area contributed by atoms with E-state index < -0.39 is 12.0 Å². The fourth-order valence-corrected chi connectivity index (χ4v) is 3.13. The van der Waals surface area contributed by atoms with Crippen LogP contribution < -0.4 is 5.32 Å². The van der Waals surface area contributed by atoms with E-state index in [1.54, 1.807) is 35.6 Å². The molecule has 0 aliphatic carbocycles. The third-order valence-corrected chi connectivity index (χ3v) is 4.53. The smallest absolute Gasteiger partial charge is 0.330 e. The molecular formula is C18H21NO3S. The lowest BCUT2D eigenvalue weighted by atomic mass is 10.1. The van der Waals surface area contributed by atoms with Crippen LogP contribution in [0.2, 0.25) is 0 Å². The molecule has 0 saturated carbocycles. The van der Waals surface area contributed by atoms with Crippen LogP contribution in [0.15, 0.2) is 47.8 Å². The molecule has 0 spiro atoms. The van der Waals surface area contributed by atoms with Crippen molar-refractivity contribution in [2.45, 2.75) is 38.1 Å². The third-order valence-electron chi connectivity index (χ3n) is 3.59. The first-order valence-corrected chi connectivity index (χ1v) is 8.64. The van der Waals surface area contributed by atoms with Gasteiger partial charge in [-0.05, 0) is 36.3 Å². The Morgan fingerprint density at radius 2 is 1.83 bits per heavy atom. The SMILES string of the molecule is O=C(CCCCCc1cccs1)N[C@@H](C(=O)O)c1ccccc1. The molecule has 122 valence electrons. The third kappa shape index (κ3) is 5.87. The Morgan fingerprint density at radius 3 is 2.48 bits per heavy atom. The van der Waals surface area contributed by atoms with Crippen molar-refractivity contribution in [2.24, 2.45) is 0 Å². The van der Waals surface area contributed by atoms with Gasteiger partial charge in [-0.25, -0.2) is 4.79 Å². The van der Waals surface area contributed by atoms with Crippen molar-refractivity contribution in [2.75, 3.05) is 0 Å². The summed E-state index contributed by atoms with van der Waals surface area (Å²) < 4.78 is 0. The highest BCUT2D eigenvalue weighted by Gasteiger charge is 2.21. The topological polar surface area (TPSA) is 66.4 Å². The number of thiophene rings is 1. The van der Waals surface area contributed by atoms with Gasteiger partial charge in [0.1, 0.15) is 0 Å². The first kappa shape index (κ1) is 17.2. The number of unbranched alkanes of at least 4 members (excludes halogenated alkanes) is 2. The number of hydrogen-bond acceptors (Lipinski definition) is 3. The summed E-state index contributed by atoms with van der Waals surface area (Å²) in [6.07, 6.45) is 4.20. The first-order chi connectivity index (χ1) is 11.2. The Hall–Kier alpha value is -2.14. The lowest BCUT2D eigenvalue weighted by Crippen LogP contribution is -2.33. The van der Waals surface area contributed by atoms with Gasteiger partial charge in [0.15, 0.2) is 6.04 Å². The van der Waals surface area contributed by atoms with Gasteiger partial charge in [-0.1, -0.05) is 42.8 Å². The summed E-state index contributed by atoms with van der Waals surface area (Å²) in [5.74, 6) is -1.25. The minimum absolute atomic E-state index is 0.211. The number of amides is 1. The Balaban J connectivity index is 1.71. The molecule has 1 aromatic carbocycles. The van der Waals surface area contributed by atoms with Crippen LogP contribution in [0.25, 0.3) is 0 Å². The second-order valence-electron chi connectivity index (χ2n) is 5.39. The summed E-state index contributed by atoms with van der Waals surface area (Å²) in [5, 5.41) is 13.9. The van der Waals surface area contributed by atoms with Crippen LogP contribution in [0.1, 0.15) is 42.2 Å². The van der Waals surface area contributed by atoms with Gasteiger partial charge in [0, 0.05) is 11.3 Å². The Labute approximate surface area is 140 Å². The highest BCUT2D eigenvalue weighted by atomic mass is 32.1. The van der Waals surface area contributed by atoms with Gasteiger partial charge in [-0.15, -0.1) is 11.3 Å². The van der Waals surface area contributed by atoms with Gasteiger partial charge in [0.05, 0.1) is 0 Å². The van der Waals surface area contributed by atoms with Crippen LogP contribution in [-0.4, -0.2) is 17.0 Å². The molecule has 0 radical (unpaired) electrons. The predicted molar refractivity (Wildman–Crippen MR) is 91.5 cm³/mol. The average molecular weight is 331 g/mol. The molecular weight excluding hydrogens is 310 g/mol. The zero-order valence-corrected chi connectivity index (χ0v) is 13.7. The van der Waals surface area contributed by atoms with Crippen molar-refractivity contribution in [1.29, 1.82) is 0 Å². The zero-order valence-electron chi connectivity index (χ0n) is 12.9. The summed E-state index contributed by atoms with van der Waals surface area (Å²) in [4.78, 5) is 24.6. The Morgan fingerprint density at radius 1 is 1.04 bits per heavy atom. The molecule has 2 aromatic rings. The number of nitrogens with one attached hydrogen (secondary N) is 1. The summed E-state index contributed by atoms with van der Waals surface area (Å²) in [6.45, 7) is 0. The molecule has 1 aromatic heterocycles. The second-order valence-corrected chi connectivity index (χ2v) is 6.42. The largest absolute Gasteiger partial charge is 0.479 e. The number of aliphatic carboxylic acids is 1. The van der Waals surface area contributed by atoms with E-state index in [0.717, 1.165) is 25.7 Å². The predicted octanol–water partition coefficient (Wildman–Crippen LogP) is 3.79. The van der Waals surface area contributed by atoms with Gasteiger partial charge in [-0.3, -0.25) is 4.79 Å². The minimum Gasteiger partial charge on any atom is -0.479 e. The van der Waals surface area contributed by atoms with Gasteiger partial charge < -0.3 is 10.4 Å². The van der Waals surface area contributed by atoms with Gasteiger partial charge in [0.25, 0.3) is 0 Å². The van der Waals surface area contributed by atoms with E-state index in [4.69, 9.17) is 0 Å². The molecule has 0 aliphatic rings. The normalized spacial score (nSPS) is 11.8. The Kier molecular flexibility index (Phi) is 6.81. The number of carbonyl (C=O) groups is 2. The molecule has 1 heterocycles. The van der Waals surface area contributed by atoms with Crippen molar-refractivity contribution in [1.82, 2.24) is 5.32 Å². The highest BCUT2D eigenvalue weighted by molar-refractivity contribution is 7.09. The summed E-state index contributed by atoms with van der Waals surface area (Å²) in [5.41, 5.74) is 0.589. The molecule has 2 rings (SSSR count). The maximum atomic E-state index is 12.0. The van der Waals surface area contributed by atoms with Crippen molar-refractivity contribution < 1.29 is 14.7 Å². The molecule has 0 aliphatic heterocycles. The minimum atomic E-state index is -1.04. The van der Waals surface area contributed by atoms with E-state index >= 15 is 0 Å². The molecule has 4 nitrogen and oxygen atoms in total. The molecule has 1 atom stereocenters. The van der Waals surface area contributed by atoms with Crippen molar-refractivity contribution in [3.63, 3.8) is 0 Å². The van der Waals surface area contributed by atoms with Crippen molar-refractivity contribution >= 4 is 23.2 Å². The van der Waals surface area contributed by atoms with Crippen LogP contribution in [-0.2, 0) is 16.0 Å². The molecule has 0 fully saturated rings. The molecule has 2 N–H and O–H groups in total. The van der Waals surface area contributed by atoms with Crippen molar-refractivity contribution in [3.05, 3.63) is 58.3 Å². The maximum Gasteiger partial charge on any atom is 0.330 e. The van der Waals surface area contributed by atoms with Gasteiger partial charge in [-0.2, -0.15) is 0 Å². The summed E-state index contributed by atoms with van der Waals surface area (Å²) in [7, 11) is 0. The lowest BCUT2D eigenvalue weighted by Gasteiger charge is -2.14. The molecule has 23 heavy (non-hydrogen) atoms. The van der Waals surface area contributed by atoms with Crippen molar-refractivity contribution in [3.8, 4) is 0 Å². The first-order valence-electron chi connectivity index (χ1n) is 7.76. The molecule has 1 amide bonds. The van der Waals surface area contributed by atoms with E-state index in [0.29, 0.717) is 12.0 Å². The fourth-order valence-electron chi connectivity index (χ4n) is 2.38. The standard InChI is InChI=1S/C18H21NO3S/c20-16(12-6-2-5-10-15-11-7-13-23-15)19-17(18(21)22)14-8-3-1-4-9-14/h1,3-4,7-9,11,13,17H,2,5-6,10,12H2,(H,19,20)(H,21,22)/t17-/m1/s1. The van der Waals surface area contributed by atoms with Gasteiger partial charge in [0.2, 0.25) is 5.91 Å². The molecule has 5 heteroatoms. The van der Waals surface area contributed by atoms with Crippen LogP contribution in [0.3, 0.4) is 0 Å². The molecule has 0 saturated heterocycles. The van der Waals surface area contributed by atoms with Crippen LogP contribution in [0, 0.1) is 0 Å². The number of carboxylic acid groups (broad SMARTS) is 1. The Bertz CT molecular complexity index is 610. The van der Waals surface area contributed by atoms with Gasteiger partial charge >= 0.3 is 5.97 Å². The van der Waals surface area contributed by atoms with Crippen LogP contribution in [0.4, 0.5) is 0 Å².